The molecule has 126 valence electrons. The summed E-state index contributed by atoms with van der Waals surface area (Å²) in [6, 6.07) is 9.18. The molecule has 0 radical (unpaired) electrons. The summed E-state index contributed by atoms with van der Waals surface area (Å²) in [6.45, 7) is 0.607. The van der Waals surface area contributed by atoms with Crippen LogP contribution >= 0.6 is 11.8 Å². The number of amides is 1. The van der Waals surface area contributed by atoms with Crippen LogP contribution in [0.3, 0.4) is 0 Å². The zero-order valence-corrected chi connectivity index (χ0v) is 14.3. The second-order valence-corrected chi connectivity index (χ2v) is 6.91. The Labute approximate surface area is 145 Å². The van der Waals surface area contributed by atoms with Gasteiger partial charge >= 0.3 is 0 Å². The van der Waals surface area contributed by atoms with Crippen LogP contribution in [0.4, 0.5) is 0 Å². The van der Waals surface area contributed by atoms with Crippen molar-refractivity contribution in [2.75, 3.05) is 12.3 Å². The highest BCUT2D eigenvalue weighted by atomic mass is 32.2. The average molecular weight is 343 g/mol. The summed E-state index contributed by atoms with van der Waals surface area (Å²) < 4.78 is 0. The van der Waals surface area contributed by atoms with Gasteiger partial charge in [0.2, 0.25) is 0 Å². The predicted molar refractivity (Wildman–Crippen MR) is 95.6 cm³/mol. The van der Waals surface area contributed by atoms with E-state index in [4.69, 9.17) is 0 Å². The van der Waals surface area contributed by atoms with Crippen molar-refractivity contribution in [1.82, 2.24) is 15.3 Å². The van der Waals surface area contributed by atoms with E-state index >= 15 is 0 Å². The Hall–Kier alpha value is -2.08. The zero-order chi connectivity index (χ0) is 16.8. The Bertz CT molecular complexity index is 759. The Kier molecular flexibility index (Phi) is 5.69. The number of aromatic amines is 1. The number of fused-ring (bicyclic) bond motifs is 1. The number of hydrogen-bond acceptors (Lipinski definition) is 4. The molecule has 1 heterocycles. The average Bonchev–Trinajstić information content (AvgIpc) is 2.62. The van der Waals surface area contributed by atoms with Crippen LogP contribution in [0.2, 0.25) is 0 Å². The summed E-state index contributed by atoms with van der Waals surface area (Å²) in [5.41, 5.74) is 2.51. The van der Waals surface area contributed by atoms with Crippen LogP contribution in [0, 0.1) is 0 Å². The monoisotopic (exact) mass is 343 g/mol. The molecule has 0 unspecified atom stereocenters. The van der Waals surface area contributed by atoms with E-state index in [-0.39, 0.29) is 11.5 Å². The molecule has 2 N–H and O–H groups in total. The first-order valence-corrected chi connectivity index (χ1v) is 9.31. The lowest BCUT2D eigenvalue weighted by molar-refractivity contribution is 0.0954. The molecule has 1 aliphatic rings. The van der Waals surface area contributed by atoms with Gasteiger partial charge in [0.25, 0.3) is 11.5 Å². The van der Waals surface area contributed by atoms with Crippen LogP contribution in [0.15, 0.2) is 40.3 Å². The molecule has 1 amide bonds. The first-order chi connectivity index (χ1) is 11.7. The summed E-state index contributed by atoms with van der Waals surface area (Å²) in [5.74, 6) is 0.748. The molecule has 1 aromatic heterocycles. The number of nitrogens with zero attached hydrogens (tertiary/aromatic N) is 1. The normalized spacial score (nSPS) is 13.3. The van der Waals surface area contributed by atoms with E-state index in [0.29, 0.717) is 17.3 Å². The fourth-order valence-corrected chi connectivity index (χ4v) is 3.60. The zero-order valence-electron chi connectivity index (χ0n) is 13.5. The van der Waals surface area contributed by atoms with Crippen molar-refractivity contribution in [3.05, 3.63) is 57.5 Å². The van der Waals surface area contributed by atoms with Gasteiger partial charge in [0.05, 0.1) is 5.69 Å². The van der Waals surface area contributed by atoms with E-state index in [1.165, 1.54) is 11.8 Å². The molecule has 1 aromatic carbocycles. The molecule has 0 atom stereocenters. The number of hydrogen-bond donors (Lipinski definition) is 2. The van der Waals surface area contributed by atoms with Crippen molar-refractivity contribution in [2.24, 2.45) is 0 Å². The summed E-state index contributed by atoms with van der Waals surface area (Å²) in [7, 11) is 0. The summed E-state index contributed by atoms with van der Waals surface area (Å²) in [4.78, 5) is 31.4. The van der Waals surface area contributed by atoms with Gasteiger partial charge in [-0.3, -0.25) is 9.59 Å². The first-order valence-electron chi connectivity index (χ1n) is 8.32. The minimum absolute atomic E-state index is 0.0135. The Balaban J connectivity index is 1.45. The fraction of sp³-hybridized carbons (Fsp3) is 0.389. The molecule has 2 aromatic rings. The molecule has 3 rings (SSSR count). The highest BCUT2D eigenvalue weighted by molar-refractivity contribution is 7.99. The third-order valence-corrected chi connectivity index (χ3v) is 5.01. The molecule has 0 saturated carbocycles. The van der Waals surface area contributed by atoms with Crippen molar-refractivity contribution < 1.29 is 4.79 Å². The first kappa shape index (κ1) is 16.8. The molecular weight excluding hydrogens is 322 g/mol. The van der Waals surface area contributed by atoms with E-state index in [2.05, 4.69) is 15.3 Å². The van der Waals surface area contributed by atoms with Crippen molar-refractivity contribution in [1.29, 1.82) is 0 Å². The van der Waals surface area contributed by atoms with Gasteiger partial charge in [-0.1, -0.05) is 30.0 Å². The topological polar surface area (TPSA) is 74.8 Å². The van der Waals surface area contributed by atoms with Crippen LogP contribution in [-0.2, 0) is 12.8 Å². The molecule has 1 aliphatic carbocycles. The third-order valence-electron chi connectivity index (χ3n) is 4.05. The number of aryl methyl sites for hydroxylation is 1. The second kappa shape index (κ2) is 8.15. The minimum Gasteiger partial charge on any atom is -0.352 e. The third kappa shape index (κ3) is 4.26. The molecule has 0 fully saturated rings. The summed E-state index contributed by atoms with van der Waals surface area (Å²) >= 11 is 1.54. The molecule has 5 nitrogen and oxygen atoms in total. The molecule has 0 bridgehead atoms. The molecule has 0 aliphatic heterocycles. The van der Waals surface area contributed by atoms with Gasteiger partial charge in [-0.05, 0) is 44.2 Å². The number of benzene rings is 1. The quantitative estimate of drug-likeness (QED) is 0.480. The van der Waals surface area contributed by atoms with E-state index in [0.717, 1.165) is 49.1 Å². The summed E-state index contributed by atoms with van der Waals surface area (Å²) in [6.07, 6.45) is 4.75. The molecule has 0 saturated heterocycles. The van der Waals surface area contributed by atoms with Crippen molar-refractivity contribution >= 4 is 17.7 Å². The van der Waals surface area contributed by atoms with E-state index < -0.39 is 0 Å². The maximum Gasteiger partial charge on any atom is 0.254 e. The van der Waals surface area contributed by atoms with Gasteiger partial charge in [0, 0.05) is 23.4 Å². The van der Waals surface area contributed by atoms with Crippen LogP contribution in [0.5, 0.6) is 0 Å². The standard InChI is InChI=1S/C18H21N3O2S/c22-16(13-7-2-1-3-8-13)19-11-6-12-24-18-20-15-10-5-4-9-14(15)17(23)21-18/h1-3,7-8H,4-6,9-12H2,(H,19,22)(H,20,21,23). The largest absolute Gasteiger partial charge is 0.352 e. The Morgan fingerprint density at radius 1 is 1.21 bits per heavy atom. The predicted octanol–water partition coefficient (Wildman–Crippen LogP) is 2.56. The van der Waals surface area contributed by atoms with Crippen molar-refractivity contribution in [3.63, 3.8) is 0 Å². The number of nitrogens with one attached hydrogen (secondary N) is 2. The van der Waals surface area contributed by atoms with Gasteiger partial charge < -0.3 is 10.3 Å². The smallest absolute Gasteiger partial charge is 0.254 e. The molecule has 6 heteroatoms. The van der Waals surface area contributed by atoms with E-state index in [1.807, 2.05) is 18.2 Å². The van der Waals surface area contributed by atoms with Crippen LogP contribution in [0.25, 0.3) is 0 Å². The van der Waals surface area contributed by atoms with Gasteiger partial charge in [-0.25, -0.2) is 4.98 Å². The van der Waals surface area contributed by atoms with Crippen LogP contribution < -0.4 is 10.9 Å². The van der Waals surface area contributed by atoms with Gasteiger partial charge in [0.1, 0.15) is 0 Å². The minimum atomic E-state index is -0.0547. The van der Waals surface area contributed by atoms with Gasteiger partial charge in [-0.15, -0.1) is 0 Å². The van der Waals surface area contributed by atoms with Crippen molar-refractivity contribution in [2.45, 2.75) is 37.3 Å². The number of carbonyl (C=O) groups is 1. The SMILES string of the molecule is O=C(NCCCSc1nc2c(c(=O)[nH]1)CCCC2)c1ccccc1. The maximum atomic E-state index is 12.1. The summed E-state index contributed by atoms with van der Waals surface area (Å²) in [5, 5.41) is 3.59. The van der Waals surface area contributed by atoms with E-state index in [9.17, 15) is 9.59 Å². The second-order valence-electron chi connectivity index (χ2n) is 5.83. The molecular formula is C18H21N3O2S. The highest BCUT2D eigenvalue weighted by Gasteiger charge is 2.15. The number of carbonyl (C=O) groups excluding carboxylic acids is 1. The lowest BCUT2D eigenvalue weighted by atomic mass is 9.97. The molecule has 24 heavy (non-hydrogen) atoms. The lowest BCUT2D eigenvalue weighted by Crippen LogP contribution is -2.24. The number of aromatic nitrogens is 2. The van der Waals surface area contributed by atoms with Gasteiger partial charge in [-0.2, -0.15) is 0 Å². The number of rotatable bonds is 6. The number of H-pyrrole nitrogens is 1. The van der Waals surface area contributed by atoms with Crippen LogP contribution in [0.1, 0.15) is 40.9 Å². The van der Waals surface area contributed by atoms with Crippen molar-refractivity contribution in [3.8, 4) is 0 Å². The number of thioether (sulfide) groups is 1. The Morgan fingerprint density at radius 3 is 2.83 bits per heavy atom. The Morgan fingerprint density at radius 2 is 2.00 bits per heavy atom. The maximum absolute atomic E-state index is 12.1. The molecule has 0 spiro atoms. The van der Waals surface area contributed by atoms with E-state index in [1.54, 1.807) is 12.1 Å². The lowest BCUT2D eigenvalue weighted by Gasteiger charge is -2.14. The van der Waals surface area contributed by atoms with Crippen LogP contribution in [-0.4, -0.2) is 28.2 Å². The highest BCUT2D eigenvalue weighted by Crippen LogP contribution is 2.19. The fourth-order valence-electron chi connectivity index (χ4n) is 2.78. The van der Waals surface area contributed by atoms with Gasteiger partial charge in [0.15, 0.2) is 5.16 Å².